The van der Waals surface area contributed by atoms with Crippen LogP contribution in [-0.4, -0.2) is 29.2 Å². The van der Waals surface area contributed by atoms with Gasteiger partial charge in [-0.1, -0.05) is 34.1 Å². The van der Waals surface area contributed by atoms with E-state index in [1.165, 1.54) is 12.1 Å². The molecular weight excluding hydrogens is 393 g/mol. The fourth-order valence-electron chi connectivity index (χ4n) is 3.16. The number of imide groups is 1. The third kappa shape index (κ3) is 3.81. The van der Waals surface area contributed by atoms with Gasteiger partial charge in [0.25, 0.3) is 0 Å². The minimum atomic E-state index is -0.573. The monoisotopic (exact) mass is 409 g/mol. The van der Waals surface area contributed by atoms with E-state index in [0.29, 0.717) is 17.3 Å². The summed E-state index contributed by atoms with van der Waals surface area (Å²) in [6, 6.07) is 4.47. The first-order valence-corrected chi connectivity index (χ1v) is 8.86. The molecule has 1 heterocycles. The maximum Gasteiger partial charge on any atom is 0.307 e. The highest BCUT2D eigenvalue weighted by Crippen LogP contribution is 2.35. The Bertz CT molecular complexity index is 723. The molecule has 25 heavy (non-hydrogen) atoms. The number of allylic oxidation sites excluding steroid dienone is 2. The summed E-state index contributed by atoms with van der Waals surface area (Å²) >= 11 is 3.15. The lowest BCUT2D eigenvalue weighted by Crippen LogP contribution is -2.33. The van der Waals surface area contributed by atoms with E-state index < -0.39 is 11.8 Å². The fourth-order valence-corrected chi connectivity index (χ4v) is 3.49. The van der Waals surface area contributed by atoms with Crippen molar-refractivity contribution in [1.82, 2.24) is 4.90 Å². The molecule has 0 spiro atoms. The Kier molecular flexibility index (Phi) is 5.32. The fraction of sp³-hybridized carbons (Fsp3) is 0.389. The van der Waals surface area contributed by atoms with Crippen LogP contribution >= 0.6 is 15.9 Å². The first-order chi connectivity index (χ1) is 12.0. The Labute approximate surface area is 153 Å². The molecule has 1 aliphatic heterocycles. The van der Waals surface area contributed by atoms with Crippen LogP contribution in [0.25, 0.3) is 0 Å². The van der Waals surface area contributed by atoms with Gasteiger partial charge in [0, 0.05) is 16.6 Å². The molecule has 2 amide bonds. The van der Waals surface area contributed by atoms with Crippen molar-refractivity contribution < 1.29 is 23.5 Å². The van der Waals surface area contributed by atoms with Crippen molar-refractivity contribution in [3.8, 4) is 0 Å². The second-order valence-electron chi connectivity index (χ2n) is 6.13. The highest BCUT2D eigenvalue weighted by atomic mass is 79.9. The quantitative estimate of drug-likeness (QED) is 0.426. The number of hydrogen-bond acceptors (Lipinski definition) is 4. The van der Waals surface area contributed by atoms with E-state index in [2.05, 4.69) is 15.9 Å². The van der Waals surface area contributed by atoms with Gasteiger partial charge >= 0.3 is 5.97 Å². The lowest BCUT2D eigenvalue weighted by Gasteiger charge is -2.14. The normalized spacial score (nSPS) is 22.2. The summed E-state index contributed by atoms with van der Waals surface area (Å²) in [6.07, 6.45) is 4.87. The van der Waals surface area contributed by atoms with Crippen LogP contribution in [0, 0.1) is 17.7 Å². The zero-order valence-corrected chi connectivity index (χ0v) is 15.0. The van der Waals surface area contributed by atoms with Gasteiger partial charge in [-0.25, -0.2) is 4.39 Å². The van der Waals surface area contributed by atoms with Crippen molar-refractivity contribution in [2.24, 2.45) is 11.8 Å². The van der Waals surface area contributed by atoms with Crippen LogP contribution in [-0.2, 0) is 25.7 Å². The molecule has 7 heteroatoms. The molecule has 1 fully saturated rings. The van der Waals surface area contributed by atoms with Gasteiger partial charge in [-0.05, 0) is 25.0 Å². The third-order valence-electron chi connectivity index (χ3n) is 4.54. The van der Waals surface area contributed by atoms with E-state index >= 15 is 0 Å². The van der Waals surface area contributed by atoms with Gasteiger partial charge in [-0.15, -0.1) is 0 Å². The Hall–Kier alpha value is -2.02. The van der Waals surface area contributed by atoms with Gasteiger partial charge in [0.1, 0.15) is 12.4 Å². The number of benzene rings is 1. The van der Waals surface area contributed by atoms with Gasteiger partial charge in [-0.3, -0.25) is 19.3 Å². The van der Waals surface area contributed by atoms with Crippen molar-refractivity contribution in [3.05, 3.63) is 46.2 Å². The molecule has 3 rings (SSSR count). The number of carbonyl (C=O) groups is 3. The number of nitrogens with zero attached hydrogens (tertiary/aromatic N) is 1. The zero-order valence-electron chi connectivity index (χ0n) is 13.4. The third-order valence-corrected chi connectivity index (χ3v) is 5.04. The summed E-state index contributed by atoms with van der Waals surface area (Å²) < 4.78 is 19.3. The molecule has 5 nitrogen and oxygen atoms in total. The average Bonchev–Trinajstić information content (AvgIpc) is 2.84. The minimum Gasteiger partial charge on any atom is -0.461 e. The lowest BCUT2D eigenvalue weighted by atomic mass is 9.85. The number of carbonyl (C=O) groups excluding carboxylic acids is 3. The number of fused-ring (bicyclic) bond motifs is 1. The van der Waals surface area contributed by atoms with E-state index in [9.17, 15) is 18.8 Å². The smallest absolute Gasteiger partial charge is 0.307 e. The van der Waals surface area contributed by atoms with Crippen LogP contribution in [0.2, 0.25) is 0 Å². The van der Waals surface area contributed by atoms with Crippen molar-refractivity contribution in [2.75, 3.05) is 6.54 Å². The van der Waals surface area contributed by atoms with Gasteiger partial charge in [0.05, 0.1) is 18.3 Å². The number of esters is 1. The molecule has 0 unspecified atom stereocenters. The molecule has 0 radical (unpaired) electrons. The summed E-state index contributed by atoms with van der Waals surface area (Å²) in [4.78, 5) is 37.6. The van der Waals surface area contributed by atoms with Crippen LogP contribution < -0.4 is 0 Å². The summed E-state index contributed by atoms with van der Waals surface area (Å²) in [6.45, 7) is -0.179. The number of halogens is 2. The molecule has 1 aliphatic carbocycles. The van der Waals surface area contributed by atoms with Crippen molar-refractivity contribution >= 4 is 33.7 Å². The van der Waals surface area contributed by atoms with Crippen molar-refractivity contribution in [2.45, 2.75) is 25.9 Å². The molecule has 0 saturated carbocycles. The molecule has 0 bridgehead atoms. The standard InChI is InChI=1S/C18H17BrFNO4/c19-12-6-5-11(15(20)9-12)10-25-16(22)7-8-21-17(23)13-3-1-2-4-14(13)18(21)24/h1-2,5-6,9,13-14H,3-4,7-8,10H2/t13-,14+. The molecule has 2 aliphatic rings. The Morgan fingerprint density at radius 2 is 1.84 bits per heavy atom. The second-order valence-corrected chi connectivity index (χ2v) is 7.05. The zero-order chi connectivity index (χ0) is 18.0. The van der Waals surface area contributed by atoms with Crippen LogP contribution in [0.1, 0.15) is 24.8 Å². The second kappa shape index (κ2) is 7.47. The lowest BCUT2D eigenvalue weighted by molar-refractivity contribution is -0.146. The first kappa shape index (κ1) is 17.8. The largest absolute Gasteiger partial charge is 0.461 e. The predicted molar refractivity (Wildman–Crippen MR) is 90.6 cm³/mol. The molecular formula is C18H17BrFNO4. The molecule has 0 aromatic heterocycles. The van der Waals surface area contributed by atoms with Gasteiger partial charge in [0.2, 0.25) is 11.8 Å². The SMILES string of the molecule is O=C(CCN1C(=O)[C@H]2CC=CC[C@H]2C1=O)OCc1ccc(Br)cc1F. The molecule has 0 N–H and O–H groups in total. The van der Waals surface area contributed by atoms with E-state index in [-0.39, 0.29) is 48.8 Å². The van der Waals surface area contributed by atoms with E-state index in [4.69, 9.17) is 4.74 Å². The molecule has 1 saturated heterocycles. The minimum absolute atomic E-state index is 0.00627. The van der Waals surface area contributed by atoms with E-state index in [0.717, 1.165) is 4.90 Å². The molecule has 1 aromatic carbocycles. The molecule has 132 valence electrons. The average molecular weight is 410 g/mol. The van der Waals surface area contributed by atoms with Crippen LogP contribution in [0.15, 0.2) is 34.8 Å². The maximum atomic E-state index is 13.7. The number of likely N-dealkylation sites (tertiary alicyclic amines) is 1. The summed E-state index contributed by atoms with van der Waals surface area (Å²) in [7, 11) is 0. The highest BCUT2D eigenvalue weighted by molar-refractivity contribution is 9.10. The van der Waals surface area contributed by atoms with Crippen LogP contribution in [0.3, 0.4) is 0 Å². The number of rotatable bonds is 5. The molecule has 2 atom stereocenters. The Morgan fingerprint density at radius 3 is 2.44 bits per heavy atom. The first-order valence-electron chi connectivity index (χ1n) is 8.07. The number of amides is 2. The number of hydrogen-bond donors (Lipinski definition) is 0. The van der Waals surface area contributed by atoms with E-state index in [1.807, 2.05) is 12.2 Å². The molecule has 1 aromatic rings. The van der Waals surface area contributed by atoms with Gasteiger partial charge in [0.15, 0.2) is 0 Å². The van der Waals surface area contributed by atoms with Crippen molar-refractivity contribution in [3.63, 3.8) is 0 Å². The highest BCUT2D eigenvalue weighted by Gasteiger charge is 2.46. The topological polar surface area (TPSA) is 63.7 Å². The summed E-state index contributed by atoms with van der Waals surface area (Å²) in [5.74, 6) is -2.08. The Balaban J connectivity index is 1.51. The van der Waals surface area contributed by atoms with Crippen LogP contribution in [0.5, 0.6) is 0 Å². The van der Waals surface area contributed by atoms with Crippen LogP contribution in [0.4, 0.5) is 4.39 Å². The Morgan fingerprint density at radius 1 is 1.20 bits per heavy atom. The predicted octanol–water partition coefficient (Wildman–Crippen LogP) is 2.97. The van der Waals surface area contributed by atoms with Crippen molar-refractivity contribution in [1.29, 1.82) is 0 Å². The van der Waals surface area contributed by atoms with Gasteiger partial charge < -0.3 is 4.74 Å². The summed E-state index contributed by atoms with van der Waals surface area (Å²) in [5.41, 5.74) is 0.266. The van der Waals surface area contributed by atoms with Gasteiger partial charge in [-0.2, -0.15) is 0 Å². The number of ether oxygens (including phenoxy) is 1. The van der Waals surface area contributed by atoms with E-state index in [1.54, 1.807) is 6.07 Å². The maximum absolute atomic E-state index is 13.7. The summed E-state index contributed by atoms with van der Waals surface area (Å²) in [5, 5.41) is 0.